The van der Waals surface area contributed by atoms with Gasteiger partial charge in [0.15, 0.2) is 0 Å². The maximum atomic E-state index is 12.0. The summed E-state index contributed by atoms with van der Waals surface area (Å²) in [6.07, 6.45) is 3.30. The summed E-state index contributed by atoms with van der Waals surface area (Å²) in [4.78, 5) is 12.0. The lowest BCUT2D eigenvalue weighted by molar-refractivity contribution is -0.138. The zero-order valence-corrected chi connectivity index (χ0v) is 11.1. The summed E-state index contributed by atoms with van der Waals surface area (Å²) in [5, 5.41) is 6.39. The predicted octanol–water partition coefficient (Wildman–Crippen LogP) is 1.06. The molecule has 0 aromatic carbocycles. The first-order valence-electron chi connectivity index (χ1n) is 6.71. The molecule has 3 atom stereocenters. The number of hydrogen-bond acceptors (Lipinski definition) is 3. The number of rotatable bonds is 4. The standard InChI is InChI=1S/C13H24N2O2/c1-4-17-11-8-10(13(11,2)3)15-12(16)9-6-5-7-14-9/h9-11,14H,4-8H2,1-3H3,(H,15,16)/t9-,10?,11?/m0/s1. The van der Waals surface area contributed by atoms with Crippen molar-refractivity contribution < 1.29 is 9.53 Å². The second-order valence-corrected chi connectivity index (χ2v) is 5.71. The van der Waals surface area contributed by atoms with E-state index < -0.39 is 0 Å². The molecule has 98 valence electrons. The van der Waals surface area contributed by atoms with Gasteiger partial charge >= 0.3 is 0 Å². The van der Waals surface area contributed by atoms with E-state index >= 15 is 0 Å². The van der Waals surface area contributed by atoms with Crippen molar-refractivity contribution in [2.24, 2.45) is 5.41 Å². The molecule has 17 heavy (non-hydrogen) atoms. The topological polar surface area (TPSA) is 50.4 Å². The fraction of sp³-hybridized carbons (Fsp3) is 0.923. The van der Waals surface area contributed by atoms with Gasteiger partial charge in [0.2, 0.25) is 5.91 Å². The Kier molecular flexibility index (Phi) is 3.73. The predicted molar refractivity (Wildman–Crippen MR) is 66.8 cm³/mol. The van der Waals surface area contributed by atoms with Crippen LogP contribution in [0.1, 0.15) is 40.0 Å². The molecule has 0 bridgehead atoms. The minimum Gasteiger partial charge on any atom is -0.378 e. The SMILES string of the molecule is CCOC1CC(NC(=O)[C@@H]2CCCN2)C1(C)C. The van der Waals surface area contributed by atoms with Crippen molar-refractivity contribution in [2.75, 3.05) is 13.2 Å². The van der Waals surface area contributed by atoms with Crippen molar-refractivity contribution in [3.63, 3.8) is 0 Å². The fourth-order valence-electron chi connectivity index (χ4n) is 2.80. The Labute approximate surface area is 103 Å². The number of carbonyl (C=O) groups is 1. The average molecular weight is 240 g/mol. The summed E-state index contributed by atoms with van der Waals surface area (Å²) in [6, 6.07) is 0.283. The average Bonchev–Trinajstić information content (AvgIpc) is 2.81. The molecule has 1 saturated carbocycles. The van der Waals surface area contributed by atoms with E-state index in [0.717, 1.165) is 32.4 Å². The Morgan fingerprint density at radius 3 is 2.82 bits per heavy atom. The van der Waals surface area contributed by atoms with Gasteiger partial charge in [0.1, 0.15) is 0 Å². The quantitative estimate of drug-likeness (QED) is 0.772. The van der Waals surface area contributed by atoms with Crippen molar-refractivity contribution in [3.05, 3.63) is 0 Å². The van der Waals surface area contributed by atoms with Crippen LogP contribution in [0.2, 0.25) is 0 Å². The van der Waals surface area contributed by atoms with Crippen LogP contribution >= 0.6 is 0 Å². The molecule has 1 saturated heterocycles. The molecular weight excluding hydrogens is 216 g/mol. The molecule has 2 N–H and O–H groups in total. The van der Waals surface area contributed by atoms with Crippen molar-refractivity contribution in [1.29, 1.82) is 0 Å². The third-order valence-corrected chi connectivity index (χ3v) is 4.24. The molecule has 4 nitrogen and oxygen atoms in total. The van der Waals surface area contributed by atoms with E-state index in [2.05, 4.69) is 24.5 Å². The summed E-state index contributed by atoms with van der Waals surface area (Å²) in [5.74, 6) is 0.163. The highest BCUT2D eigenvalue weighted by atomic mass is 16.5. The first kappa shape index (κ1) is 12.8. The molecule has 1 amide bonds. The van der Waals surface area contributed by atoms with Gasteiger partial charge in [-0.25, -0.2) is 0 Å². The van der Waals surface area contributed by atoms with Gasteiger partial charge in [0.05, 0.1) is 12.1 Å². The Morgan fingerprint density at radius 2 is 2.29 bits per heavy atom. The van der Waals surface area contributed by atoms with Gasteiger partial charge in [-0.05, 0) is 32.7 Å². The van der Waals surface area contributed by atoms with Crippen molar-refractivity contribution in [3.8, 4) is 0 Å². The van der Waals surface area contributed by atoms with Crippen LogP contribution in [0.4, 0.5) is 0 Å². The van der Waals surface area contributed by atoms with E-state index in [0.29, 0.717) is 0 Å². The molecule has 0 aromatic rings. The largest absolute Gasteiger partial charge is 0.378 e. The Balaban J connectivity index is 1.82. The van der Waals surface area contributed by atoms with Crippen LogP contribution in [0.15, 0.2) is 0 Å². The van der Waals surface area contributed by atoms with Crippen LogP contribution in [-0.4, -0.2) is 37.2 Å². The highest BCUT2D eigenvalue weighted by Gasteiger charge is 2.49. The monoisotopic (exact) mass is 240 g/mol. The number of nitrogens with one attached hydrogen (secondary N) is 2. The lowest BCUT2D eigenvalue weighted by Crippen LogP contribution is -2.63. The van der Waals surface area contributed by atoms with E-state index in [1.165, 1.54) is 0 Å². The molecule has 1 aliphatic heterocycles. The number of carbonyl (C=O) groups excluding carboxylic acids is 1. The molecule has 2 rings (SSSR count). The minimum absolute atomic E-state index is 0.0249. The lowest BCUT2D eigenvalue weighted by Gasteiger charge is -2.51. The van der Waals surface area contributed by atoms with Crippen molar-refractivity contribution >= 4 is 5.91 Å². The second kappa shape index (κ2) is 4.94. The van der Waals surface area contributed by atoms with Gasteiger partial charge in [-0.2, -0.15) is 0 Å². The minimum atomic E-state index is 0.0249. The smallest absolute Gasteiger partial charge is 0.237 e. The first-order valence-corrected chi connectivity index (χ1v) is 6.71. The van der Waals surface area contributed by atoms with Gasteiger partial charge in [-0.1, -0.05) is 13.8 Å². The molecule has 0 aromatic heterocycles. The molecule has 1 aliphatic carbocycles. The van der Waals surface area contributed by atoms with Gasteiger partial charge in [0, 0.05) is 18.1 Å². The summed E-state index contributed by atoms with van der Waals surface area (Å²) >= 11 is 0. The van der Waals surface area contributed by atoms with Crippen LogP contribution in [0.3, 0.4) is 0 Å². The molecule has 0 spiro atoms. The van der Waals surface area contributed by atoms with Gasteiger partial charge in [-0.15, -0.1) is 0 Å². The molecule has 0 radical (unpaired) electrons. The molecular formula is C13H24N2O2. The lowest BCUT2D eigenvalue weighted by atomic mass is 9.64. The number of amides is 1. The van der Waals surface area contributed by atoms with E-state index in [9.17, 15) is 4.79 Å². The maximum Gasteiger partial charge on any atom is 0.237 e. The summed E-state index contributed by atoms with van der Waals surface area (Å²) in [6.45, 7) is 8.07. The van der Waals surface area contributed by atoms with Crippen molar-refractivity contribution in [2.45, 2.75) is 58.2 Å². The third-order valence-electron chi connectivity index (χ3n) is 4.24. The first-order chi connectivity index (χ1) is 8.05. The second-order valence-electron chi connectivity index (χ2n) is 5.71. The molecule has 4 heteroatoms. The third kappa shape index (κ3) is 2.47. The zero-order valence-electron chi connectivity index (χ0n) is 11.1. The molecule has 1 heterocycles. The molecule has 2 fully saturated rings. The van der Waals surface area contributed by atoms with Gasteiger partial charge < -0.3 is 15.4 Å². The normalized spacial score (nSPS) is 35.4. The number of ether oxygens (including phenoxy) is 1. The Hall–Kier alpha value is -0.610. The van der Waals surface area contributed by atoms with Crippen LogP contribution in [-0.2, 0) is 9.53 Å². The van der Waals surface area contributed by atoms with E-state index in [1.807, 2.05) is 6.92 Å². The Bertz CT molecular complexity index is 285. The van der Waals surface area contributed by atoms with Crippen LogP contribution in [0.5, 0.6) is 0 Å². The summed E-state index contributed by atoms with van der Waals surface area (Å²) in [7, 11) is 0. The molecule has 2 unspecified atom stereocenters. The number of hydrogen-bond donors (Lipinski definition) is 2. The van der Waals surface area contributed by atoms with E-state index in [1.54, 1.807) is 0 Å². The van der Waals surface area contributed by atoms with Crippen LogP contribution in [0.25, 0.3) is 0 Å². The van der Waals surface area contributed by atoms with Gasteiger partial charge in [-0.3, -0.25) is 4.79 Å². The molecule has 2 aliphatic rings. The highest BCUT2D eigenvalue weighted by molar-refractivity contribution is 5.82. The van der Waals surface area contributed by atoms with E-state index in [4.69, 9.17) is 4.74 Å². The van der Waals surface area contributed by atoms with E-state index in [-0.39, 0.29) is 29.5 Å². The zero-order chi connectivity index (χ0) is 12.5. The van der Waals surface area contributed by atoms with Crippen molar-refractivity contribution in [1.82, 2.24) is 10.6 Å². The Morgan fingerprint density at radius 1 is 1.53 bits per heavy atom. The fourth-order valence-corrected chi connectivity index (χ4v) is 2.80. The maximum absolute atomic E-state index is 12.0. The van der Waals surface area contributed by atoms with Gasteiger partial charge in [0.25, 0.3) is 0 Å². The van der Waals surface area contributed by atoms with Crippen LogP contribution < -0.4 is 10.6 Å². The van der Waals surface area contributed by atoms with Crippen LogP contribution in [0, 0.1) is 5.41 Å². The summed E-state index contributed by atoms with van der Waals surface area (Å²) < 4.78 is 5.66. The highest BCUT2D eigenvalue weighted by Crippen LogP contribution is 2.42. The summed E-state index contributed by atoms with van der Waals surface area (Å²) in [5.41, 5.74) is 0.0598.